The van der Waals surface area contributed by atoms with Gasteiger partial charge >= 0.3 is 0 Å². The Kier molecular flexibility index (Phi) is 6.61. The van der Waals surface area contributed by atoms with E-state index in [1.165, 1.54) is 11.1 Å². The van der Waals surface area contributed by atoms with Crippen molar-refractivity contribution in [2.24, 2.45) is 5.73 Å². The van der Waals surface area contributed by atoms with Crippen LogP contribution in [-0.2, 0) is 17.8 Å². The summed E-state index contributed by atoms with van der Waals surface area (Å²) in [6.07, 6.45) is 4.16. The zero-order chi connectivity index (χ0) is 19.9. The molecule has 0 bridgehead atoms. The number of nitrogens with zero attached hydrogens (tertiary/aromatic N) is 2. The van der Waals surface area contributed by atoms with Crippen molar-refractivity contribution in [3.05, 3.63) is 90.0 Å². The molecule has 146 valence electrons. The van der Waals surface area contributed by atoms with Crippen LogP contribution in [0.5, 0.6) is 0 Å². The molecule has 5 heteroatoms. The second-order valence-corrected chi connectivity index (χ2v) is 7.33. The summed E-state index contributed by atoms with van der Waals surface area (Å²) in [6.45, 7) is 4.87. The van der Waals surface area contributed by atoms with Crippen molar-refractivity contribution >= 4 is 5.91 Å². The monoisotopic (exact) mass is 376 g/mol. The van der Waals surface area contributed by atoms with E-state index in [0.29, 0.717) is 6.42 Å². The quantitative estimate of drug-likeness (QED) is 0.634. The summed E-state index contributed by atoms with van der Waals surface area (Å²) in [5.41, 5.74) is 9.36. The first-order valence-corrected chi connectivity index (χ1v) is 9.68. The average Bonchev–Trinajstić information content (AvgIpc) is 3.15. The predicted molar refractivity (Wildman–Crippen MR) is 112 cm³/mol. The number of imidazole rings is 1. The second kappa shape index (κ2) is 9.33. The van der Waals surface area contributed by atoms with E-state index in [9.17, 15) is 4.79 Å². The first-order valence-electron chi connectivity index (χ1n) is 9.68. The SMILES string of the molecule is CC(NC(=O)[C@@H](N)Cc1cn(Cc2ccccc2)cn1)C(C)c1ccccc1. The van der Waals surface area contributed by atoms with Gasteiger partial charge < -0.3 is 15.6 Å². The Balaban J connectivity index is 1.53. The lowest BCUT2D eigenvalue weighted by molar-refractivity contribution is -0.123. The molecule has 1 aromatic heterocycles. The van der Waals surface area contributed by atoms with Crippen LogP contribution >= 0.6 is 0 Å². The van der Waals surface area contributed by atoms with Gasteiger partial charge in [0.15, 0.2) is 0 Å². The Bertz CT molecular complexity index is 876. The van der Waals surface area contributed by atoms with Gasteiger partial charge in [-0.1, -0.05) is 67.6 Å². The van der Waals surface area contributed by atoms with Crippen LogP contribution in [0, 0.1) is 0 Å². The zero-order valence-corrected chi connectivity index (χ0v) is 16.5. The van der Waals surface area contributed by atoms with Crippen LogP contribution in [0.15, 0.2) is 73.2 Å². The van der Waals surface area contributed by atoms with E-state index in [1.807, 2.05) is 54.1 Å². The van der Waals surface area contributed by atoms with Gasteiger partial charge in [-0.15, -0.1) is 0 Å². The topological polar surface area (TPSA) is 72.9 Å². The van der Waals surface area contributed by atoms with E-state index in [4.69, 9.17) is 5.73 Å². The van der Waals surface area contributed by atoms with Gasteiger partial charge in [-0.05, 0) is 18.1 Å². The summed E-state index contributed by atoms with van der Waals surface area (Å²) in [4.78, 5) is 16.9. The van der Waals surface area contributed by atoms with Crippen LogP contribution in [0.1, 0.15) is 36.6 Å². The Hall–Kier alpha value is -2.92. The minimum Gasteiger partial charge on any atom is -0.352 e. The lowest BCUT2D eigenvalue weighted by Gasteiger charge is -2.23. The third-order valence-electron chi connectivity index (χ3n) is 5.11. The number of benzene rings is 2. The Morgan fingerprint density at radius 3 is 2.39 bits per heavy atom. The fraction of sp³-hybridized carbons (Fsp3) is 0.304. The molecule has 0 aliphatic carbocycles. The lowest BCUT2D eigenvalue weighted by Crippen LogP contribution is -2.47. The fourth-order valence-corrected chi connectivity index (χ4v) is 3.21. The summed E-state index contributed by atoms with van der Waals surface area (Å²) >= 11 is 0. The van der Waals surface area contributed by atoms with E-state index < -0.39 is 6.04 Å². The molecule has 2 unspecified atom stereocenters. The maximum absolute atomic E-state index is 12.5. The van der Waals surface area contributed by atoms with E-state index in [1.54, 1.807) is 6.33 Å². The van der Waals surface area contributed by atoms with Crippen LogP contribution in [0.3, 0.4) is 0 Å². The van der Waals surface area contributed by atoms with Crippen molar-refractivity contribution in [2.75, 3.05) is 0 Å². The fourth-order valence-electron chi connectivity index (χ4n) is 3.21. The molecule has 2 aromatic carbocycles. The number of rotatable bonds is 8. The molecule has 28 heavy (non-hydrogen) atoms. The van der Waals surface area contributed by atoms with Crippen molar-refractivity contribution < 1.29 is 4.79 Å². The number of amides is 1. The molecule has 3 N–H and O–H groups in total. The molecular weight excluding hydrogens is 348 g/mol. The van der Waals surface area contributed by atoms with E-state index >= 15 is 0 Å². The number of hydrogen-bond donors (Lipinski definition) is 2. The maximum atomic E-state index is 12.5. The highest BCUT2D eigenvalue weighted by atomic mass is 16.2. The van der Waals surface area contributed by atoms with Crippen LogP contribution < -0.4 is 11.1 Å². The molecular formula is C23H28N4O. The van der Waals surface area contributed by atoms with Gasteiger partial charge in [0.25, 0.3) is 0 Å². The normalized spacial score (nSPS) is 14.2. The molecule has 0 aliphatic heterocycles. The molecule has 0 spiro atoms. The van der Waals surface area contributed by atoms with Crippen LogP contribution in [0.4, 0.5) is 0 Å². The molecule has 3 rings (SSSR count). The molecule has 1 heterocycles. The molecule has 0 aliphatic rings. The average molecular weight is 377 g/mol. The van der Waals surface area contributed by atoms with Gasteiger partial charge in [-0.25, -0.2) is 4.98 Å². The van der Waals surface area contributed by atoms with Gasteiger partial charge in [0.1, 0.15) is 0 Å². The summed E-state index contributed by atoms with van der Waals surface area (Å²) in [5, 5.41) is 3.05. The van der Waals surface area contributed by atoms with Crippen LogP contribution in [-0.4, -0.2) is 27.5 Å². The van der Waals surface area contributed by atoms with Crippen molar-refractivity contribution in [3.8, 4) is 0 Å². The van der Waals surface area contributed by atoms with Crippen LogP contribution in [0.25, 0.3) is 0 Å². The van der Waals surface area contributed by atoms with Gasteiger partial charge in [-0.2, -0.15) is 0 Å². The van der Waals surface area contributed by atoms with Crippen molar-refractivity contribution in [1.29, 1.82) is 0 Å². The number of carbonyl (C=O) groups is 1. The van der Waals surface area contributed by atoms with Crippen LogP contribution in [0.2, 0.25) is 0 Å². The third kappa shape index (κ3) is 5.30. The third-order valence-corrected chi connectivity index (χ3v) is 5.11. The zero-order valence-electron chi connectivity index (χ0n) is 16.5. The minimum absolute atomic E-state index is 0.00316. The van der Waals surface area contributed by atoms with E-state index in [0.717, 1.165) is 12.2 Å². The first kappa shape index (κ1) is 19.8. The summed E-state index contributed by atoms with van der Waals surface area (Å²) in [5.74, 6) is 0.0651. The van der Waals surface area contributed by atoms with Crippen molar-refractivity contribution in [1.82, 2.24) is 14.9 Å². The van der Waals surface area contributed by atoms with Gasteiger partial charge in [0.05, 0.1) is 18.1 Å². The number of nitrogens with one attached hydrogen (secondary N) is 1. The summed E-state index contributed by atoms with van der Waals surface area (Å²) in [7, 11) is 0. The molecule has 0 saturated carbocycles. The molecule has 3 aromatic rings. The maximum Gasteiger partial charge on any atom is 0.237 e. The van der Waals surface area contributed by atoms with E-state index in [-0.39, 0.29) is 17.9 Å². The molecule has 0 radical (unpaired) electrons. The smallest absolute Gasteiger partial charge is 0.237 e. The van der Waals surface area contributed by atoms with E-state index in [2.05, 4.69) is 41.5 Å². The molecule has 0 saturated heterocycles. The standard InChI is InChI=1S/C23H28N4O/c1-17(20-11-7-4-8-12-20)18(2)26-23(28)22(24)13-21-15-27(16-25-21)14-19-9-5-3-6-10-19/h3-12,15-18,22H,13-14,24H2,1-2H3,(H,26,28)/t17?,18?,22-/m0/s1. The summed E-state index contributed by atoms with van der Waals surface area (Å²) < 4.78 is 2.01. The second-order valence-electron chi connectivity index (χ2n) is 7.33. The van der Waals surface area contributed by atoms with Crippen molar-refractivity contribution in [3.63, 3.8) is 0 Å². The Morgan fingerprint density at radius 2 is 1.71 bits per heavy atom. The summed E-state index contributed by atoms with van der Waals surface area (Å²) in [6, 6.07) is 19.7. The number of nitrogens with two attached hydrogens (primary N) is 1. The lowest BCUT2D eigenvalue weighted by atomic mass is 9.94. The highest BCUT2D eigenvalue weighted by molar-refractivity contribution is 5.82. The molecule has 0 fully saturated rings. The largest absolute Gasteiger partial charge is 0.352 e. The number of aromatic nitrogens is 2. The Labute approximate surface area is 166 Å². The predicted octanol–water partition coefficient (Wildman–Crippen LogP) is 3.11. The van der Waals surface area contributed by atoms with Crippen molar-refractivity contribution in [2.45, 2.75) is 44.8 Å². The van der Waals surface area contributed by atoms with Gasteiger partial charge in [0, 0.05) is 31.1 Å². The first-order chi connectivity index (χ1) is 13.5. The highest BCUT2D eigenvalue weighted by Gasteiger charge is 2.21. The number of hydrogen-bond acceptors (Lipinski definition) is 3. The van der Waals surface area contributed by atoms with Gasteiger partial charge in [-0.3, -0.25) is 4.79 Å². The molecule has 3 atom stereocenters. The number of carbonyl (C=O) groups excluding carboxylic acids is 1. The molecule has 5 nitrogen and oxygen atoms in total. The highest BCUT2D eigenvalue weighted by Crippen LogP contribution is 2.18. The van der Waals surface area contributed by atoms with Gasteiger partial charge in [0.2, 0.25) is 5.91 Å². The molecule has 1 amide bonds. The Morgan fingerprint density at radius 1 is 1.07 bits per heavy atom. The minimum atomic E-state index is -0.620.